The van der Waals surface area contributed by atoms with Gasteiger partial charge in [-0.05, 0) is 6.92 Å². The summed E-state index contributed by atoms with van der Waals surface area (Å²) in [4.78, 5) is 0. The van der Waals surface area contributed by atoms with Crippen LogP contribution in [0.3, 0.4) is 0 Å². The SMILES string of the molecule is CC1(c2nocc2C#N)COC1. The van der Waals surface area contributed by atoms with Gasteiger partial charge < -0.3 is 9.26 Å². The van der Waals surface area contributed by atoms with Crippen molar-refractivity contribution in [2.45, 2.75) is 12.3 Å². The lowest BCUT2D eigenvalue weighted by atomic mass is 9.83. The van der Waals surface area contributed by atoms with Crippen molar-refractivity contribution >= 4 is 0 Å². The number of rotatable bonds is 1. The lowest BCUT2D eigenvalue weighted by Gasteiger charge is -2.36. The maximum absolute atomic E-state index is 8.70. The molecule has 0 radical (unpaired) electrons. The van der Waals surface area contributed by atoms with Crippen LogP contribution >= 0.6 is 0 Å². The van der Waals surface area contributed by atoms with Crippen LogP contribution in [0.15, 0.2) is 10.8 Å². The molecule has 0 aliphatic carbocycles. The molecule has 0 aromatic carbocycles. The fourth-order valence-corrected chi connectivity index (χ4v) is 1.30. The number of ether oxygens (including phenoxy) is 1. The number of nitrogens with zero attached hydrogens (tertiary/aromatic N) is 2. The van der Waals surface area contributed by atoms with Gasteiger partial charge in [0.05, 0.1) is 18.6 Å². The van der Waals surface area contributed by atoms with Crippen molar-refractivity contribution < 1.29 is 9.26 Å². The summed E-state index contributed by atoms with van der Waals surface area (Å²) < 4.78 is 9.80. The molecule has 1 aromatic rings. The summed E-state index contributed by atoms with van der Waals surface area (Å²) >= 11 is 0. The van der Waals surface area contributed by atoms with Crippen molar-refractivity contribution in [2.24, 2.45) is 0 Å². The molecule has 0 amide bonds. The van der Waals surface area contributed by atoms with E-state index in [9.17, 15) is 0 Å². The number of hydrogen-bond donors (Lipinski definition) is 0. The first kappa shape index (κ1) is 7.32. The second-order valence-electron chi connectivity index (χ2n) is 3.24. The van der Waals surface area contributed by atoms with E-state index < -0.39 is 0 Å². The van der Waals surface area contributed by atoms with Gasteiger partial charge in [0.25, 0.3) is 0 Å². The van der Waals surface area contributed by atoms with Gasteiger partial charge in [0, 0.05) is 0 Å². The molecule has 0 bridgehead atoms. The Hall–Kier alpha value is -1.34. The van der Waals surface area contributed by atoms with E-state index in [0.717, 1.165) is 5.69 Å². The summed E-state index contributed by atoms with van der Waals surface area (Å²) in [6, 6.07) is 2.04. The zero-order chi connectivity index (χ0) is 8.60. The Morgan fingerprint density at radius 1 is 1.67 bits per heavy atom. The average molecular weight is 164 g/mol. The molecule has 0 spiro atoms. The van der Waals surface area contributed by atoms with E-state index in [1.807, 2.05) is 13.0 Å². The van der Waals surface area contributed by atoms with Gasteiger partial charge >= 0.3 is 0 Å². The van der Waals surface area contributed by atoms with Gasteiger partial charge in [0.15, 0.2) is 0 Å². The first-order valence-electron chi connectivity index (χ1n) is 3.69. The minimum atomic E-state index is -0.113. The molecule has 12 heavy (non-hydrogen) atoms. The van der Waals surface area contributed by atoms with Crippen LogP contribution < -0.4 is 0 Å². The van der Waals surface area contributed by atoms with Crippen molar-refractivity contribution in [3.63, 3.8) is 0 Å². The van der Waals surface area contributed by atoms with E-state index in [0.29, 0.717) is 18.8 Å². The van der Waals surface area contributed by atoms with Crippen LogP contribution in [0, 0.1) is 11.3 Å². The first-order valence-corrected chi connectivity index (χ1v) is 3.69. The lowest BCUT2D eigenvalue weighted by Crippen LogP contribution is -2.44. The number of aromatic nitrogens is 1. The smallest absolute Gasteiger partial charge is 0.141 e. The molecule has 0 unspecified atom stereocenters. The van der Waals surface area contributed by atoms with Crippen molar-refractivity contribution in [1.82, 2.24) is 5.16 Å². The molecule has 1 aliphatic heterocycles. The predicted octanol–water partition coefficient (Wildman–Crippen LogP) is 0.834. The molecule has 1 fully saturated rings. The van der Waals surface area contributed by atoms with Crippen LogP contribution in [0.25, 0.3) is 0 Å². The summed E-state index contributed by atoms with van der Waals surface area (Å²) in [5, 5.41) is 12.5. The highest BCUT2D eigenvalue weighted by atomic mass is 16.5. The van der Waals surface area contributed by atoms with E-state index in [1.165, 1.54) is 6.26 Å². The highest BCUT2D eigenvalue weighted by Gasteiger charge is 2.40. The van der Waals surface area contributed by atoms with E-state index in [4.69, 9.17) is 14.5 Å². The van der Waals surface area contributed by atoms with Crippen LogP contribution in [0.4, 0.5) is 0 Å². The molecule has 1 aromatic heterocycles. The summed E-state index contributed by atoms with van der Waals surface area (Å²) in [6.07, 6.45) is 1.37. The van der Waals surface area contributed by atoms with E-state index in [2.05, 4.69) is 5.16 Å². The Kier molecular flexibility index (Phi) is 1.42. The molecular weight excluding hydrogens is 156 g/mol. The maximum Gasteiger partial charge on any atom is 0.141 e. The maximum atomic E-state index is 8.70. The van der Waals surface area contributed by atoms with Crippen LogP contribution in [-0.2, 0) is 10.2 Å². The third-order valence-corrected chi connectivity index (χ3v) is 2.10. The summed E-state index contributed by atoms with van der Waals surface area (Å²) in [5.41, 5.74) is 1.12. The first-order chi connectivity index (χ1) is 5.76. The van der Waals surface area contributed by atoms with Gasteiger partial charge in [-0.3, -0.25) is 0 Å². The Labute approximate surface area is 69.7 Å². The van der Waals surface area contributed by atoms with Crippen LogP contribution in [0.2, 0.25) is 0 Å². The number of nitriles is 1. The van der Waals surface area contributed by atoms with Crippen LogP contribution in [0.5, 0.6) is 0 Å². The molecule has 2 heterocycles. The van der Waals surface area contributed by atoms with E-state index >= 15 is 0 Å². The third kappa shape index (κ3) is 0.836. The Bertz CT molecular complexity index is 333. The van der Waals surface area contributed by atoms with Gasteiger partial charge in [0.2, 0.25) is 0 Å². The predicted molar refractivity (Wildman–Crippen MR) is 39.4 cm³/mol. The minimum absolute atomic E-state index is 0.113. The fourth-order valence-electron chi connectivity index (χ4n) is 1.30. The normalized spacial score (nSPS) is 19.7. The highest BCUT2D eigenvalue weighted by Crippen LogP contribution is 2.32. The zero-order valence-corrected chi connectivity index (χ0v) is 6.70. The van der Waals surface area contributed by atoms with Crippen molar-refractivity contribution in [3.05, 3.63) is 17.5 Å². The Balaban J connectivity index is 2.40. The molecule has 0 N–H and O–H groups in total. The van der Waals surface area contributed by atoms with E-state index in [1.54, 1.807) is 0 Å². The lowest BCUT2D eigenvalue weighted by molar-refractivity contribution is -0.0533. The second-order valence-corrected chi connectivity index (χ2v) is 3.24. The quantitative estimate of drug-likeness (QED) is 0.617. The number of hydrogen-bond acceptors (Lipinski definition) is 4. The van der Waals surface area contributed by atoms with Crippen LogP contribution in [-0.4, -0.2) is 18.4 Å². The highest BCUT2D eigenvalue weighted by molar-refractivity contribution is 5.35. The molecule has 2 rings (SSSR count). The fraction of sp³-hybridized carbons (Fsp3) is 0.500. The van der Waals surface area contributed by atoms with E-state index in [-0.39, 0.29) is 5.41 Å². The molecule has 1 saturated heterocycles. The van der Waals surface area contributed by atoms with Gasteiger partial charge in [-0.15, -0.1) is 0 Å². The summed E-state index contributed by atoms with van der Waals surface area (Å²) in [7, 11) is 0. The molecule has 1 aliphatic rings. The van der Waals surface area contributed by atoms with Gasteiger partial charge in [-0.1, -0.05) is 5.16 Å². The summed E-state index contributed by atoms with van der Waals surface area (Å²) in [5.74, 6) is 0. The Morgan fingerprint density at radius 3 is 2.92 bits per heavy atom. The minimum Gasteiger partial charge on any atom is -0.379 e. The molecule has 0 saturated carbocycles. The molecular formula is C8H8N2O2. The Morgan fingerprint density at radius 2 is 2.42 bits per heavy atom. The zero-order valence-electron chi connectivity index (χ0n) is 6.70. The molecule has 0 atom stereocenters. The molecule has 4 heteroatoms. The standard InChI is InChI=1S/C8H8N2O2/c1-8(4-11-5-8)7-6(2-9)3-12-10-7/h3H,4-5H2,1H3. The van der Waals surface area contributed by atoms with Gasteiger partial charge in [0.1, 0.15) is 23.6 Å². The van der Waals surface area contributed by atoms with Crippen LogP contribution in [0.1, 0.15) is 18.2 Å². The van der Waals surface area contributed by atoms with Crippen molar-refractivity contribution in [1.29, 1.82) is 5.26 Å². The average Bonchev–Trinajstić information content (AvgIpc) is 2.47. The van der Waals surface area contributed by atoms with Gasteiger partial charge in [-0.25, -0.2) is 0 Å². The van der Waals surface area contributed by atoms with Gasteiger partial charge in [-0.2, -0.15) is 5.26 Å². The second kappa shape index (κ2) is 2.32. The largest absolute Gasteiger partial charge is 0.379 e. The monoisotopic (exact) mass is 164 g/mol. The summed E-state index contributed by atoms with van der Waals surface area (Å²) in [6.45, 7) is 3.25. The van der Waals surface area contributed by atoms with Crippen molar-refractivity contribution in [3.8, 4) is 6.07 Å². The topological polar surface area (TPSA) is 59.0 Å². The van der Waals surface area contributed by atoms with Crippen molar-refractivity contribution in [2.75, 3.05) is 13.2 Å². The molecule has 4 nitrogen and oxygen atoms in total. The third-order valence-electron chi connectivity index (χ3n) is 2.10. The molecule has 62 valence electrons.